The maximum absolute atomic E-state index is 10.8. The van der Waals surface area contributed by atoms with Crippen LogP contribution in [-0.4, -0.2) is 12.1 Å². The number of aryl methyl sites for hydroxylation is 2. The summed E-state index contributed by atoms with van der Waals surface area (Å²) in [6.45, 7) is 2.21. The molecule has 0 N–H and O–H groups in total. The van der Waals surface area contributed by atoms with Gasteiger partial charge in [-0.15, -0.1) is 0 Å². The number of carbonyl (C=O) groups excluding carboxylic acids is 1. The Balaban J connectivity index is 1.59. The van der Waals surface area contributed by atoms with Crippen LogP contribution in [0.5, 0.6) is 0 Å². The normalized spacial score (nSPS) is 17.0. The van der Waals surface area contributed by atoms with Crippen molar-refractivity contribution in [2.45, 2.75) is 45.1 Å². The molecule has 1 heterocycles. The predicted octanol–water partition coefficient (Wildman–Crippen LogP) is 4.55. The topological polar surface area (TPSA) is 26.3 Å². The summed E-state index contributed by atoms with van der Waals surface area (Å²) in [5.74, 6) is -0.0631. The molecule has 1 fully saturated rings. The van der Waals surface area contributed by atoms with Gasteiger partial charge in [0, 0.05) is 0 Å². The molecule has 1 atom stereocenters. The van der Waals surface area contributed by atoms with E-state index in [9.17, 15) is 4.79 Å². The van der Waals surface area contributed by atoms with Crippen LogP contribution in [0, 0.1) is 0 Å². The van der Waals surface area contributed by atoms with Crippen molar-refractivity contribution < 1.29 is 9.53 Å². The molecule has 1 unspecified atom stereocenters. The standard InChI is InChI=1S/C20H22O2/c1-2-3-15-4-9-17(10-5-15)18-11-6-16(7-12-18)8-13-19-14-20(21)22-19/h4-7,9-12,19H,2-3,8,13-14H2,1H3. The van der Waals surface area contributed by atoms with Crippen molar-refractivity contribution in [1.82, 2.24) is 0 Å². The first-order chi connectivity index (χ1) is 10.7. The molecule has 1 aliphatic heterocycles. The molecule has 22 heavy (non-hydrogen) atoms. The molecule has 0 aliphatic carbocycles. The number of carbonyl (C=O) groups is 1. The fraction of sp³-hybridized carbons (Fsp3) is 0.350. The van der Waals surface area contributed by atoms with Crippen molar-refractivity contribution in [3.05, 3.63) is 59.7 Å². The molecule has 0 radical (unpaired) electrons. The summed E-state index contributed by atoms with van der Waals surface area (Å²) in [5, 5.41) is 0. The number of hydrogen-bond donors (Lipinski definition) is 0. The van der Waals surface area contributed by atoms with Gasteiger partial charge in [0.1, 0.15) is 6.10 Å². The van der Waals surface area contributed by atoms with Crippen LogP contribution >= 0.6 is 0 Å². The summed E-state index contributed by atoms with van der Waals surface area (Å²) in [4.78, 5) is 10.8. The molecule has 0 saturated carbocycles. The number of rotatable bonds is 6. The van der Waals surface area contributed by atoms with E-state index < -0.39 is 0 Å². The van der Waals surface area contributed by atoms with Crippen LogP contribution in [0.25, 0.3) is 11.1 Å². The largest absolute Gasteiger partial charge is 0.462 e. The molecule has 2 aromatic rings. The molecule has 0 aromatic heterocycles. The summed E-state index contributed by atoms with van der Waals surface area (Å²) in [6.07, 6.45) is 4.94. The third-order valence-corrected chi connectivity index (χ3v) is 4.23. The van der Waals surface area contributed by atoms with E-state index in [4.69, 9.17) is 4.74 Å². The Labute approximate surface area is 132 Å². The van der Waals surface area contributed by atoms with Crippen molar-refractivity contribution in [2.75, 3.05) is 0 Å². The number of ether oxygens (including phenoxy) is 1. The lowest BCUT2D eigenvalue weighted by atomic mass is 9.98. The van der Waals surface area contributed by atoms with Crippen LogP contribution in [-0.2, 0) is 22.4 Å². The lowest BCUT2D eigenvalue weighted by Crippen LogP contribution is -2.32. The van der Waals surface area contributed by atoms with Gasteiger partial charge in [-0.2, -0.15) is 0 Å². The Morgan fingerprint density at radius 2 is 1.41 bits per heavy atom. The van der Waals surface area contributed by atoms with E-state index in [1.807, 2.05) is 0 Å². The quantitative estimate of drug-likeness (QED) is 0.730. The second-order valence-electron chi connectivity index (χ2n) is 6.00. The van der Waals surface area contributed by atoms with Crippen LogP contribution in [0.2, 0.25) is 0 Å². The summed E-state index contributed by atoms with van der Waals surface area (Å²) < 4.78 is 5.05. The van der Waals surface area contributed by atoms with Crippen LogP contribution in [0.4, 0.5) is 0 Å². The van der Waals surface area contributed by atoms with Gasteiger partial charge < -0.3 is 4.74 Å². The zero-order valence-corrected chi connectivity index (χ0v) is 13.0. The van der Waals surface area contributed by atoms with E-state index in [-0.39, 0.29) is 12.1 Å². The van der Waals surface area contributed by atoms with Crippen LogP contribution in [0.1, 0.15) is 37.3 Å². The maximum Gasteiger partial charge on any atom is 0.309 e. The highest BCUT2D eigenvalue weighted by Gasteiger charge is 2.27. The van der Waals surface area contributed by atoms with Gasteiger partial charge in [0.05, 0.1) is 6.42 Å². The Morgan fingerprint density at radius 3 is 1.86 bits per heavy atom. The van der Waals surface area contributed by atoms with Crippen LogP contribution in [0.3, 0.4) is 0 Å². The highest BCUT2D eigenvalue weighted by Crippen LogP contribution is 2.23. The highest BCUT2D eigenvalue weighted by atomic mass is 16.6. The second kappa shape index (κ2) is 6.78. The SMILES string of the molecule is CCCc1ccc(-c2ccc(CCC3CC(=O)O3)cc2)cc1. The van der Waals surface area contributed by atoms with Gasteiger partial charge in [0.15, 0.2) is 0 Å². The first-order valence-corrected chi connectivity index (χ1v) is 8.12. The molecular formula is C20H22O2. The van der Waals surface area contributed by atoms with E-state index in [1.54, 1.807) is 0 Å². The van der Waals surface area contributed by atoms with Gasteiger partial charge in [-0.05, 0) is 41.5 Å². The number of cyclic esters (lactones) is 1. The number of benzene rings is 2. The van der Waals surface area contributed by atoms with Crippen molar-refractivity contribution in [1.29, 1.82) is 0 Å². The van der Waals surface area contributed by atoms with Crippen molar-refractivity contribution in [3.8, 4) is 11.1 Å². The van der Waals surface area contributed by atoms with E-state index >= 15 is 0 Å². The van der Waals surface area contributed by atoms with Gasteiger partial charge in [0.2, 0.25) is 0 Å². The summed E-state index contributed by atoms with van der Waals surface area (Å²) in [7, 11) is 0. The van der Waals surface area contributed by atoms with Gasteiger partial charge in [-0.25, -0.2) is 0 Å². The van der Waals surface area contributed by atoms with Crippen LogP contribution in [0.15, 0.2) is 48.5 Å². The van der Waals surface area contributed by atoms with E-state index in [0.29, 0.717) is 6.42 Å². The first kappa shape index (κ1) is 14.8. The Bertz CT molecular complexity index is 618. The smallest absolute Gasteiger partial charge is 0.309 e. The minimum absolute atomic E-state index is 0.0631. The molecule has 3 rings (SSSR count). The Kier molecular flexibility index (Phi) is 4.57. The molecular weight excluding hydrogens is 272 g/mol. The maximum atomic E-state index is 10.8. The monoisotopic (exact) mass is 294 g/mol. The minimum Gasteiger partial charge on any atom is -0.462 e. The molecule has 2 aromatic carbocycles. The average Bonchev–Trinajstić information content (AvgIpc) is 2.52. The van der Waals surface area contributed by atoms with Gasteiger partial charge in [0.25, 0.3) is 0 Å². The lowest BCUT2D eigenvalue weighted by molar-refractivity contribution is -0.169. The average molecular weight is 294 g/mol. The molecule has 0 bridgehead atoms. The fourth-order valence-electron chi connectivity index (χ4n) is 2.87. The highest BCUT2D eigenvalue weighted by molar-refractivity contribution is 5.75. The van der Waals surface area contributed by atoms with E-state index in [1.165, 1.54) is 28.7 Å². The summed E-state index contributed by atoms with van der Waals surface area (Å²) in [6, 6.07) is 17.6. The first-order valence-electron chi connectivity index (χ1n) is 8.12. The zero-order valence-electron chi connectivity index (χ0n) is 13.0. The zero-order chi connectivity index (χ0) is 15.4. The van der Waals surface area contributed by atoms with E-state index in [2.05, 4.69) is 55.5 Å². The number of hydrogen-bond acceptors (Lipinski definition) is 2. The van der Waals surface area contributed by atoms with Crippen molar-refractivity contribution >= 4 is 5.97 Å². The third-order valence-electron chi connectivity index (χ3n) is 4.23. The molecule has 1 saturated heterocycles. The molecule has 2 heteroatoms. The molecule has 1 aliphatic rings. The number of esters is 1. The molecule has 0 amide bonds. The predicted molar refractivity (Wildman–Crippen MR) is 88.7 cm³/mol. The minimum atomic E-state index is -0.0631. The van der Waals surface area contributed by atoms with E-state index in [0.717, 1.165) is 19.3 Å². The summed E-state index contributed by atoms with van der Waals surface area (Å²) >= 11 is 0. The molecule has 0 spiro atoms. The fourth-order valence-corrected chi connectivity index (χ4v) is 2.87. The molecule has 2 nitrogen and oxygen atoms in total. The molecule has 114 valence electrons. The Hall–Kier alpha value is -2.09. The van der Waals surface area contributed by atoms with Crippen LogP contribution < -0.4 is 0 Å². The van der Waals surface area contributed by atoms with Gasteiger partial charge in [-0.3, -0.25) is 4.79 Å². The van der Waals surface area contributed by atoms with Gasteiger partial charge in [-0.1, -0.05) is 61.9 Å². The summed E-state index contributed by atoms with van der Waals surface area (Å²) in [5.41, 5.74) is 5.22. The van der Waals surface area contributed by atoms with Crippen molar-refractivity contribution in [2.24, 2.45) is 0 Å². The van der Waals surface area contributed by atoms with Crippen molar-refractivity contribution in [3.63, 3.8) is 0 Å². The Morgan fingerprint density at radius 1 is 0.909 bits per heavy atom. The second-order valence-corrected chi connectivity index (χ2v) is 6.00. The third kappa shape index (κ3) is 3.56. The van der Waals surface area contributed by atoms with Gasteiger partial charge >= 0.3 is 5.97 Å². The lowest BCUT2D eigenvalue weighted by Gasteiger charge is -2.25.